The van der Waals surface area contributed by atoms with Crippen LogP contribution in [0.4, 0.5) is 11.4 Å². The molecule has 0 fully saturated rings. The molecule has 5 nitrogen and oxygen atoms in total. The SMILES string of the molecule is CCCOc1ccccc1C(=O)CCCCCCC(=O)Nc1ccccc1N. The molecular formula is C23H30N2O3. The number of carbonyl (C=O) groups is 2. The molecule has 28 heavy (non-hydrogen) atoms. The Morgan fingerprint density at radius 3 is 2.36 bits per heavy atom. The molecule has 1 amide bonds. The smallest absolute Gasteiger partial charge is 0.224 e. The highest BCUT2D eigenvalue weighted by Gasteiger charge is 2.11. The van der Waals surface area contributed by atoms with E-state index in [1.165, 1.54) is 0 Å². The van der Waals surface area contributed by atoms with Crippen molar-refractivity contribution in [3.8, 4) is 5.75 Å². The van der Waals surface area contributed by atoms with Crippen molar-refractivity contribution in [1.82, 2.24) is 0 Å². The van der Waals surface area contributed by atoms with Crippen LogP contribution in [0.25, 0.3) is 0 Å². The van der Waals surface area contributed by atoms with Gasteiger partial charge in [0.1, 0.15) is 5.75 Å². The molecule has 0 bridgehead atoms. The van der Waals surface area contributed by atoms with Gasteiger partial charge in [-0.15, -0.1) is 0 Å². The minimum Gasteiger partial charge on any atom is -0.493 e. The molecule has 5 heteroatoms. The van der Waals surface area contributed by atoms with Gasteiger partial charge in [0.15, 0.2) is 5.78 Å². The van der Waals surface area contributed by atoms with Crippen molar-refractivity contribution in [3.05, 3.63) is 54.1 Å². The number of carbonyl (C=O) groups excluding carboxylic acids is 2. The number of hydrogen-bond donors (Lipinski definition) is 2. The van der Waals surface area contributed by atoms with Crippen LogP contribution < -0.4 is 15.8 Å². The number of nitrogens with one attached hydrogen (secondary N) is 1. The zero-order valence-electron chi connectivity index (χ0n) is 16.6. The lowest BCUT2D eigenvalue weighted by molar-refractivity contribution is -0.116. The lowest BCUT2D eigenvalue weighted by Gasteiger charge is -2.10. The van der Waals surface area contributed by atoms with Gasteiger partial charge in [-0.05, 0) is 43.5 Å². The van der Waals surface area contributed by atoms with Crippen molar-refractivity contribution in [2.75, 3.05) is 17.7 Å². The van der Waals surface area contributed by atoms with Crippen LogP contribution in [0, 0.1) is 0 Å². The Hall–Kier alpha value is -2.82. The van der Waals surface area contributed by atoms with Crippen molar-refractivity contribution < 1.29 is 14.3 Å². The minimum absolute atomic E-state index is 0.0315. The summed E-state index contributed by atoms with van der Waals surface area (Å²) in [5.74, 6) is 0.756. The summed E-state index contributed by atoms with van der Waals surface area (Å²) in [5.41, 5.74) is 7.71. The highest BCUT2D eigenvalue weighted by Crippen LogP contribution is 2.21. The molecule has 2 rings (SSSR count). The fraction of sp³-hybridized carbons (Fsp3) is 0.391. The van der Waals surface area contributed by atoms with E-state index in [9.17, 15) is 9.59 Å². The number of nitrogen functional groups attached to an aromatic ring is 1. The first-order valence-electron chi connectivity index (χ1n) is 10.0. The number of anilines is 2. The second kappa shape index (κ2) is 11.8. The molecule has 2 aromatic carbocycles. The molecular weight excluding hydrogens is 352 g/mol. The predicted octanol–water partition coefficient (Wildman–Crippen LogP) is 5.22. The summed E-state index contributed by atoms with van der Waals surface area (Å²) >= 11 is 0. The molecule has 0 aromatic heterocycles. The fourth-order valence-electron chi connectivity index (χ4n) is 2.92. The first-order valence-corrected chi connectivity index (χ1v) is 10.0. The van der Waals surface area contributed by atoms with E-state index in [0.29, 0.717) is 42.1 Å². The Balaban J connectivity index is 1.64. The molecule has 0 aliphatic heterocycles. The Labute approximate surface area is 167 Å². The molecule has 2 aromatic rings. The van der Waals surface area contributed by atoms with Gasteiger partial charge in [0, 0.05) is 12.8 Å². The lowest BCUT2D eigenvalue weighted by atomic mass is 10.0. The van der Waals surface area contributed by atoms with Crippen LogP contribution in [0.5, 0.6) is 5.75 Å². The standard InChI is InChI=1S/C23H30N2O3/c1-2-17-28-22-15-10-7-11-18(22)21(26)14-5-3-4-6-16-23(27)25-20-13-9-8-12-19(20)24/h7-13,15H,2-6,14,16-17,24H2,1H3,(H,25,27). The third-order valence-corrected chi connectivity index (χ3v) is 4.44. The van der Waals surface area contributed by atoms with Gasteiger partial charge in [-0.1, -0.05) is 44.0 Å². The number of para-hydroxylation sites is 3. The second-order valence-corrected chi connectivity index (χ2v) is 6.82. The van der Waals surface area contributed by atoms with Crippen molar-refractivity contribution in [1.29, 1.82) is 0 Å². The number of nitrogens with two attached hydrogens (primary N) is 1. The average Bonchev–Trinajstić information content (AvgIpc) is 2.70. The van der Waals surface area contributed by atoms with E-state index < -0.39 is 0 Å². The van der Waals surface area contributed by atoms with Gasteiger partial charge in [0.05, 0.1) is 23.5 Å². The Morgan fingerprint density at radius 2 is 1.61 bits per heavy atom. The minimum atomic E-state index is -0.0315. The number of rotatable bonds is 12. The van der Waals surface area contributed by atoms with Gasteiger partial charge < -0.3 is 15.8 Å². The largest absolute Gasteiger partial charge is 0.493 e. The molecule has 0 atom stereocenters. The van der Waals surface area contributed by atoms with E-state index in [-0.39, 0.29) is 11.7 Å². The molecule has 3 N–H and O–H groups in total. The van der Waals surface area contributed by atoms with Crippen LogP contribution in [-0.4, -0.2) is 18.3 Å². The van der Waals surface area contributed by atoms with Crippen molar-refractivity contribution in [2.24, 2.45) is 0 Å². The van der Waals surface area contributed by atoms with Crippen molar-refractivity contribution in [3.63, 3.8) is 0 Å². The first-order chi connectivity index (χ1) is 13.6. The maximum absolute atomic E-state index is 12.4. The van der Waals surface area contributed by atoms with E-state index in [4.69, 9.17) is 10.5 Å². The number of amides is 1. The Kier molecular flexibility index (Phi) is 9.05. The molecule has 0 heterocycles. The van der Waals surface area contributed by atoms with E-state index >= 15 is 0 Å². The zero-order valence-corrected chi connectivity index (χ0v) is 16.6. The van der Waals surface area contributed by atoms with Gasteiger partial charge >= 0.3 is 0 Å². The molecule has 0 aliphatic carbocycles. The van der Waals surface area contributed by atoms with Gasteiger partial charge in [-0.25, -0.2) is 0 Å². The Morgan fingerprint density at radius 1 is 0.929 bits per heavy atom. The molecule has 0 unspecified atom stereocenters. The number of ether oxygens (including phenoxy) is 1. The van der Waals surface area contributed by atoms with E-state index in [0.717, 1.165) is 32.1 Å². The third-order valence-electron chi connectivity index (χ3n) is 4.44. The van der Waals surface area contributed by atoms with Crippen LogP contribution in [-0.2, 0) is 4.79 Å². The maximum atomic E-state index is 12.4. The predicted molar refractivity (Wildman–Crippen MR) is 114 cm³/mol. The summed E-state index contributed by atoms with van der Waals surface area (Å²) in [5, 5.41) is 2.83. The number of hydrogen-bond acceptors (Lipinski definition) is 4. The summed E-state index contributed by atoms with van der Waals surface area (Å²) in [7, 11) is 0. The first kappa shape index (κ1) is 21.5. The average molecular weight is 383 g/mol. The van der Waals surface area contributed by atoms with Crippen LogP contribution in [0.2, 0.25) is 0 Å². The normalized spacial score (nSPS) is 10.5. The number of unbranched alkanes of at least 4 members (excludes halogenated alkanes) is 3. The second-order valence-electron chi connectivity index (χ2n) is 6.82. The van der Waals surface area contributed by atoms with E-state index in [1.807, 2.05) is 43.3 Å². The molecule has 0 aliphatic rings. The van der Waals surface area contributed by atoms with Crippen molar-refractivity contribution in [2.45, 2.75) is 51.9 Å². The van der Waals surface area contributed by atoms with Gasteiger partial charge in [0.25, 0.3) is 0 Å². The summed E-state index contributed by atoms with van der Waals surface area (Å²) < 4.78 is 5.66. The third kappa shape index (κ3) is 7.06. The summed E-state index contributed by atoms with van der Waals surface area (Å²) in [6.07, 6.45) is 5.31. The summed E-state index contributed by atoms with van der Waals surface area (Å²) in [6.45, 7) is 2.65. The molecule has 150 valence electrons. The van der Waals surface area contributed by atoms with Crippen LogP contribution in [0.3, 0.4) is 0 Å². The zero-order chi connectivity index (χ0) is 20.2. The van der Waals surface area contributed by atoms with Gasteiger partial charge in [-0.2, -0.15) is 0 Å². The van der Waals surface area contributed by atoms with Gasteiger partial charge in [0.2, 0.25) is 5.91 Å². The highest BCUT2D eigenvalue weighted by atomic mass is 16.5. The summed E-state index contributed by atoms with van der Waals surface area (Å²) in [6, 6.07) is 14.7. The highest BCUT2D eigenvalue weighted by molar-refractivity contribution is 5.98. The topological polar surface area (TPSA) is 81.4 Å². The van der Waals surface area contributed by atoms with Crippen LogP contribution in [0.15, 0.2) is 48.5 Å². The maximum Gasteiger partial charge on any atom is 0.224 e. The monoisotopic (exact) mass is 382 g/mol. The van der Waals surface area contributed by atoms with Crippen LogP contribution >= 0.6 is 0 Å². The Bertz CT molecular complexity index is 774. The molecule has 0 saturated carbocycles. The number of Topliss-reactive ketones (excluding diaryl/α,β-unsaturated/α-hetero) is 1. The fourth-order valence-corrected chi connectivity index (χ4v) is 2.92. The quantitative estimate of drug-likeness (QED) is 0.299. The molecule has 0 spiro atoms. The molecule has 0 saturated heterocycles. The van der Waals surface area contributed by atoms with Crippen LogP contribution in [0.1, 0.15) is 62.2 Å². The van der Waals surface area contributed by atoms with E-state index in [2.05, 4.69) is 5.32 Å². The van der Waals surface area contributed by atoms with Crippen molar-refractivity contribution >= 4 is 23.1 Å². The van der Waals surface area contributed by atoms with Gasteiger partial charge in [-0.3, -0.25) is 9.59 Å². The number of benzene rings is 2. The molecule has 0 radical (unpaired) electrons. The number of ketones is 1. The summed E-state index contributed by atoms with van der Waals surface area (Å²) in [4.78, 5) is 24.4. The van der Waals surface area contributed by atoms with E-state index in [1.54, 1.807) is 12.1 Å². The lowest BCUT2D eigenvalue weighted by Crippen LogP contribution is -2.12.